The van der Waals surface area contributed by atoms with Gasteiger partial charge in [0.25, 0.3) is 0 Å². The Bertz CT molecular complexity index is 664. The third-order valence-electron chi connectivity index (χ3n) is 4.64. The first-order valence-electron chi connectivity index (χ1n) is 8.12. The van der Waals surface area contributed by atoms with E-state index in [9.17, 15) is 8.78 Å². The molecule has 2 aromatic carbocycles. The maximum absolute atomic E-state index is 13.9. The summed E-state index contributed by atoms with van der Waals surface area (Å²) in [6.07, 6.45) is 2.09. The molecule has 0 unspecified atom stereocenters. The summed E-state index contributed by atoms with van der Waals surface area (Å²) >= 11 is 6.09. The first-order valence-corrected chi connectivity index (χ1v) is 8.50. The van der Waals surface area contributed by atoms with Gasteiger partial charge in [-0.25, -0.2) is 8.78 Å². The van der Waals surface area contributed by atoms with Gasteiger partial charge in [-0.1, -0.05) is 29.8 Å². The fourth-order valence-electron chi connectivity index (χ4n) is 3.25. The molecule has 0 aromatic heterocycles. The predicted molar refractivity (Wildman–Crippen MR) is 91.2 cm³/mol. The quantitative estimate of drug-likeness (QED) is 0.859. The topological polar surface area (TPSA) is 21.3 Å². The molecular formula is C19H20ClF2NO. The smallest absolute Gasteiger partial charge is 0.127 e. The Kier molecular flexibility index (Phi) is 5.49. The maximum Gasteiger partial charge on any atom is 0.127 e. The summed E-state index contributed by atoms with van der Waals surface area (Å²) in [5.74, 6) is -0.536. The molecule has 2 aromatic rings. The van der Waals surface area contributed by atoms with Crippen molar-refractivity contribution in [2.45, 2.75) is 24.8 Å². The van der Waals surface area contributed by atoms with Crippen molar-refractivity contribution in [1.82, 2.24) is 5.32 Å². The van der Waals surface area contributed by atoms with Gasteiger partial charge in [-0.3, -0.25) is 0 Å². The Balaban J connectivity index is 1.74. The van der Waals surface area contributed by atoms with Crippen LogP contribution in [0, 0.1) is 11.6 Å². The molecule has 0 bridgehead atoms. The van der Waals surface area contributed by atoms with Crippen LogP contribution >= 0.6 is 11.6 Å². The monoisotopic (exact) mass is 351 g/mol. The molecule has 0 saturated carbocycles. The van der Waals surface area contributed by atoms with Gasteiger partial charge in [-0.2, -0.15) is 0 Å². The number of nitrogens with one attached hydrogen (secondary N) is 1. The van der Waals surface area contributed by atoms with E-state index in [-0.39, 0.29) is 17.2 Å². The fourth-order valence-corrected chi connectivity index (χ4v) is 3.51. The Morgan fingerprint density at radius 1 is 1.04 bits per heavy atom. The van der Waals surface area contributed by atoms with E-state index in [0.29, 0.717) is 36.8 Å². The molecule has 0 radical (unpaired) electrons. The highest BCUT2D eigenvalue weighted by atomic mass is 35.5. The highest BCUT2D eigenvalue weighted by molar-refractivity contribution is 6.31. The lowest BCUT2D eigenvalue weighted by atomic mass is 9.82. The standard InChI is InChI=1S/C19H20ClF2NO/c20-17-2-1-3-18(22)16(17)8-11-23-19(9-12-24-13-10-19)14-4-6-15(21)7-5-14/h1-7,23H,8-13H2. The van der Waals surface area contributed by atoms with Crippen molar-refractivity contribution in [3.05, 3.63) is 70.2 Å². The minimum atomic E-state index is -0.285. The molecule has 0 amide bonds. The second-order valence-corrected chi connectivity index (χ2v) is 6.49. The largest absolute Gasteiger partial charge is 0.381 e. The van der Waals surface area contributed by atoms with Gasteiger partial charge in [0.1, 0.15) is 11.6 Å². The molecule has 0 spiro atoms. The van der Waals surface area contributed by atoms with Crippen LogP contribution in [0.3, 0.4) is 0 Å². The van der Waals surface area contributed by atoms with Gasteiger partial charge < -0.3 is 10.1 Å². The molecule has 1 heterocycles. The zero-order valence-corrected chi connectivity index (χ0v) is 14.1. The van der Waals surface area contributed by atoms with Crippen LogP contribution < -0.4 is 5.32 Å². The Morgan fingerprint density at radius 2 is 1.75 bits per heavy atom. The minimum Gasteiger partial charge on any atom is -0.381 e. The number of hydrogen-bond donors (Lipinski definition) is 1. The summed E-state index contributed by atoms with van der Waals surface area (Å²) < 4.78 is 32.6. The van der Waals surface area contributed by atoms with E-state index in [4.69, 9.17) is 16.3 Å². The summed E-state index contributed by atoms with van der Waals surface area (Å²) in [6, 6.07) is 11.3. The summed E-state index contributed by atoms with van der Waals surface area (Å²) in [7, 11) is 0. The fraction of sp³-hybridized carbons (Fsp3) is 0.368. The Morgan fingerprint density at radius 3 is 2.42 bits per heavy atom. The van der Waals surface area contributed by atoms with E-state index in [1.807, 2.05) is 12.1 Å². The van der Waals surface area contributed by atoms with Gasteiger partial charge >= 0.3 is 0 Å². The number of hydrogen-bond acceptors (Lipinski definition) is 2. The van der Waals surface area contributed by atoms with Crippen molar-refractivity contribution < 1.29 is 13.5 Å². The second-order valence-electron chi connectivity index (χ2n) is 6.08. The van der Waals surface area contributed by atoms with E-state index < -0.39 is 0 Å². The molecule has 1 aliphatic rings. The van der Waals surface area contributed by atoms with Crippen molar-refractivity contribution in [3.8, 4) is 0 Å². The molecule has 3 rings (SSSR count). The van der Waals surface area contributed by atoms with Gasteiger partial charge in [0.2, 0.25) is 0 Å². The van der Waals surface area contributed by atoms with Crippen molar-refractivity contribution >= 4 is 11.6 Å². The first kappa shape index (κ1) is 17.3. The number of halogens is 3. The van der Waals surface area contributed by atoms with Gasteiger partial charge in [0.15, 0.2) is 0 Å². The van der Waals surface area contributed by atoms with Crippen LogP contribution in [0.1, 0.15) is 24.0 Å². The van der Waals surface area contributed by atoms with Crippen molar-refractivity contribution in [1.29, 1.82) is 0 Å². The van der Waals surface area contributed by atoms with E-state index in [1.54, 1.807) is 12.1 Å². The molecule has 1 aliphatic heterocycles. The lowest BCUT2D eigenvalue weighted by molar-refractivity contribution is 0.0368. The van der Waals surface area contributed by atoms with Gasteiger partial charge in [0.05, 0.1) is 0 Å². The van der Waals surface area contributed by atoms with Crippen LogP contribution in [0.15, 0.2) is 42.5 Å². The van der Waals surface area contributed by atoms with E-state index in [2.05, 4.69) is 5.32 Å². The lowest BCUT2D eigenvalue weighted by Crippen LogP contribution is -2.47. The molecule has 1 saturated heterocycles. The van der Waals surface area contributed by atoms with Crippen LogP contribution in [0.25, 0.3) is 0 Å². The number of rotatable bonds is 5. The molecule has 128 valence electrons. The Hall–Kier alpha value is -1.49. The van der Waals surface area contributed by atoms with E-state index >= 15 is 0 Å². The van der Waals surface area contributed by atoms with Crippen LogP contribution in [0.2, 0.25) is 5.02 Å². The number of benzene rings is 2. The molecule has 5 heteroatoms. The zero-order valence-electron chi connectivity index (χ0n) is 13.3. The van der Waals surface area contributed by atoms with Gasteiger partial charge in [0, 0.05) is 35.9 Å². The van der Waals surface area contributed by atoms with Gasteiger partial charge in [-0.05, 0) is 49.1 Å². The maximum atomic E-state index is 13.9. The molecule has 2 nitrogen and oxygen atoms in total. The van der Waals surface area contributed by atoms with Crippen molar-refractivity contribution in [2.75, 3.05) is 19.8 Å². The first-order chi connectivity index (χ1) is 11.6. The normalized spacial score (nSPS) is 17.0. The number of ether oxygens (including phenoxy) is 1. The Labute approximate surface area is 145 Å². The lowest BCUT2D eigenvalue weighted by Gasteiger charge is -2.39. The summed E-state index contributed by atoms with van der Waals surface area (Å²) in [4.78, 5) is 0. The zero-order chi connectivity index (χ0) is 17.0. The molecule has 24 heavy (non-hydrogen) atoms. The molecular weight excluding hydrogens is 332 g/mol. The summed E-state index contributed by atoms with van der Waals surface area (Å²) in [5.41, 5.74) is 1.28. The molecule has 1 fully saturated rings. The molecule has 1 N–H and O–H groups in total. The highest BCUT2D eigenvalue weighted by Gasteiger charge is 2.33. The molecule has 0 atom stereocenters. The minimum absolute atomic E-state index is 0.251. The van der Waals surface area contributed by atoms with Crippen molar-refractivity contribution in [3.63, 3.8) is 0 Å². The molecule has 0 aliphatic carbocycles. The van der Waals surface area contributed by atoms with E-state index in [0.717, 1.165) is 18.4 Å². The van der Waals surface area contributed by atoms with Crippen LogP contribution in [-0.4, -0.2) is 19.8 Å². The summed E-state index contributed by atoms with van der Waals surface area (Å²) in [6.45, 7) is 1.87. The summed E-state index contributed by atoms with van der Waals surface area (Å²) in [5, 5.41) is 3.99. The third-order valence-corrected chi connectivity index (χ3v) is 5.00. The SMILES string of the molecule is Fc1ccc(C2(NCCc3c(F)cccc3Cl)CCOCC2)cc1. The predicted octanol–water partition coefficient (Wildman–Crippen LogP) is 4.46. The van der Waals surface area contributed by atoms with Crippen molar-refractivity contribution in [2.24, 2.45) is 0 Å². The average Bonchev–Trinajstić information content (AvgIpc) is 2.59. The van der Waals surface area contributed by atoms with E-state index in [1.165, 1.54) is 18.2 Å². The van der Waals surface area contributed by atoms with Crippen LogP contribution in [-0.2, 0) is 16.7 Å². The van der Waals surface area contributed by atoms with Crippen LogP contribution in [0.5, 0.6) is 0 Å². The second kappa shape index (κ2) is 7.60. The van der Waals surface area contributed by atoms with Gasteiger partial charge in [-0.15, -0.1) is 0 Å². The third kappa shape index (κ3) is 3.77. The van der Waals surface area contributed by atoms with Crippen LogP contribution in [0.4, 0.5) is 8.78 Å². The average molecular weight is 352 g/mol. The highest BCUT2D eigenvalue weighted by Crippen LogP contribution is 2.32.